The first-order valence-electron chi connectivity index (χ1n) is 6.26. The van der Waals surface area contributed by atoms with Crippen molar-refractivity contribution < 1.29 is 4.74 Å². The molecule has 3 rings (SSSR count). The van der Waals surface area contributed by atoms with Crippen molar-refractivity contribution in [2.45, 2.75) is 6.92 Å². The summed E-state index contributed by atoms with van der Waals surface area (Å²) in [5.74, 6) is 0.831. The highest BCUT2D eigenvalue weighted by atomic mass is 35.5. The monoisotopic (exact) mass is 284 g/mol. The summed E-state index contributed by atoms with van der Waals surface area (Å²) in [5, 5.41) is 10.7. The van der Waals surface area contributed by atoms with Crippen LogP contribution in [0.15, 0.2) is 42.5 Å². The molecule has 4 heteroatoms. The Morgan fingerprint density at radius 3 is 2.45 bits per heavy atom. The molecular formula is C16H13ClN2O. The Balaban J connectivity index is 2.27. The van der Waals surface area contributed by atoms with Crippen LogP contribution in [-0.2, 0) is 0 Å². The lowest BCUT2D eigenvalue weighted by atomic mass is 10.0. The lowest BCUT2D eigenvalue weighted by Crippen LogP contribution is -1.94. The van der Waals surface area contributed by atoms with Crippen molar-refractivity contribution >= 4 is 22.4 Å². The van der Waals surface area contributed by atoms with E-state index in [-0.39, 0.29) is 0 Å². The average molecular weight is 285 g/mol. The lowest BCUT2D eigenvalue weighted by Gasteiger charge is -2.10. The van der Waals surface area contributed by atoms with Crippen molar-refractivity contribution in [3.63, 3.8) is 0 Å². The summed E-state index contributed by atoms with van der Waals surface area (Å²) in [7, 11) is 1.66. The minimum absolute atomic E-state index is 0.426. The van der Waals surface area contributed by atoms with Crippen LogP contribution in [0.2, 0.25) is 5.15 Å². The molecule has 0 aliphatic carbocycles. The van der Waals surface area contributed by atoms with Gasteiger partial charge >= 0.3 is 0 Å². The molecule has 3 nitrogen and oxygen atoms in total. The van der Waals surface area contributed by atoms with Gasteiger partial charge in [-0.15, -0.1) is 10.2 Å². The second-order valence-electron chi connectivity index (χ2n) is 4.57. The van der Waals surface area contributed by atoms with Gasteiger partial charge in [-0.3, -0.25) is 0 Å². The smallest absolute Gasteiger partial charge is 0.159 e. The minimum Gasteiger partial charge on any atom is -0.497 e. The van der Waals surface area contributed by atoms with E-state index in [1.165, 1.54) is 0 Å². The zero-order chi connectivity index (χ0) is 14.1. The number of hydrogen-bond donors (Lipinski definition) is 0. The van der Waals surface area contributed by atoms with Gasteiger partial charge in [0.1, 0.15) is 11.4 Å². The van der Waals surface area contributed by atoms with Crippen molar-refractivity contribution in [2.75, 3.05) is 7.11 Å². The van der Waals surface area contributed by atoms with Crippen LogP contribution in [0.4, 0.5) is 0 Å². The van der Waals surface area contributed by atoms with E-state index in [2.05, 4.69) is 10.2 Å². The highest BCUT2D eigenvalue weighted by molar-refractivity contribution is 6.34. The van der Waals surface area contributed by atoms with E-state index in [1.54, 1.807) is 7.11 Å². The molecule has 0 spiro atoms. The first kappa shape index (κ1) is 12.9. The topological polar surface area (TPSA) is 35.0 Å². The SMILES string of the molecule is COc1ccc(-c2nnc(Cl)c3ccccc23)c(C)c1. The van der Waals surface area contributed by atoms with Crippen LogP contribution in [0.3, 0.4) is 0 Å². The summed E-state index contributed by atoms with van der Waals surface area (Å²) >= 11 is 6.11. The largest absolute Gasteiger partial charge is 0.497 e. The summed E-state index contributed by atoms with van der Waals surface area (Å²) in [6.45, 7) is 2.03. The fourth-order valence-electron chi connectivity index (χ4n) is 2.30. The van der Waals surface area contributed by atoms with Crippen molar-refractivity contribution in [3.8, 4) is 17.0 Å². The van der Waals surface area contributed by atoms with Gasteiger partial charge < -0.3 is 4.74 Å². The Bertz CT molecular complexity index is 787. The molecule has 0 bridgehead atoms. The predicted molar refractivity (Wildman–Crippen MR) is 81.3 cm³/mol. The van der Waals surface area contributed by atoms with Crippen LogP contribution in [-0.4, -0.2) is 17.3 Å². The first-order valence-corrected chi connectivity index (χ1v) is 6.64. The van der Waals surface area contributed by atoms with E-state index >= 15 is 0 Å². The average Bonchev–Trinajstić information content (AvgIpc) is 2.48. The van der Waals surface area contributed by atoms with Crippen LogP contribution >= 0.6 is 11.6 Å². The number of aryl methyl sites for hydroxylation is 1. The quantitative estimate of drug-likeness (QED) is 0.705. The summed E-state index contributed by atoms with van der Waals surface area (Å²) in [6.07, 6.45) is 0. The summed E-state index contributed by atoms with van der Waals surface area (Å²) < 4.78 is 5.24. The lowest BCUT2D eigenvalue weighted by molar-refractivity contribution is 0.414. The molecule has 0 atom stereocenters. The van der Waals surface area contributed by atoms with Crippen molar-refractivity contribution in [1.29, 1.82) is 0 Å². The number of ether oxygens (including phenoxy) is 1. The van der Waals surface area contributed by atoms with E-state index < -0.39 is 0 Å². The minimum atomic E-state index is 0.426. The third-order valence-corrected chi connectivity index (χ3v) is 3.61. The van der Waals surface area contributed by atoms with Gasteiger partial charge in [0.15, 0.2) is 5.15 Å². The Hall–Kier alpha value is -2.13. The van der Waals surface area contributed by atoms with E-state index in [9.17, 15) is 0 Å². The number of aromatic nitrogens is 2. The molecule has 0 amide bonds. The Labute approximate surface area is 122 Å². The summed E-state index contributed by atoms with van der Waals surface area (Å²) in [5.41, 5.74) is 2.96. The maximum Gasteiger partial charge on any atom is 0.159 e. The number of hydrogen-bond acceptors (Lipinski definition) is 3. The number of methoxy groups -OCH3 is 1. The number of rotatable bonds is 2. The van der Waals surface area contributed by atoms with Crippen molar-refractivity contribution in [1.82, 2.24) is 10.2 Å². The molecule has 0 N–H and O–H groups in total. The standard InChI is InChI=1S/C16H13ClN2O/c1-10-9-11(20-2)7-8-12(10)15-13-5-3-4-6-14(13)16(17)19-18-15/h3-9H,1-2H3. The molecule has 100 valence electrons. The van der Waals surface area contributed by atoms with E-state index in [0.717, 1.165) is 33.3 Å². The maximum absolute atomic E-state index is 6.11. The van der Waals surface area contributed by atoms with Crippen LogP contribution in [0.25, 0.3) is 22.0 Å². The number of nitrogens with zero attached hydrogens (tertiary/aromatic N) is 2. The van der Waals surface area contributed by atoms with Gasteiger partial charge in [-0.2, -0.15) is 0 Å². The van der Waals surface area contributed by atoms with Gasteiger partial charge in [-0.25, -0.2) is 0 Å². The molecule has 0 saturated heterocycles. The molecule has 0 radical (unpaired) electrons. The van der Waals surface area contributed by atoms with Gasteiger partial charge in [-0.05, 0) is 30.7 Å². The maximum atomic E-state index is 6.11. The van der Waals surface area contributed by atoms with Crippen molar-refractivity contribution in [2.24, 2.45) is 0 Å². The van der Waals surface area contributed by atoms with E-state index in [4.69, 9.17) is 16.3 Å². The summed E-state index contributed by atoms with van der Waals surface area (Å²) in [6, 6.07) is 13.8. The van der Waals surface area contributed by atoms with E-state index in [0.29, 0.717) is 5.15 Å². The van der Waals surface area contributed by atoms with Gasteiger partial charge in [-0.1, -0.05) is 35.9 Å². The fourth-order valence-corrected chi connectivity index (χ4v) is 2.50. The second kappa shape index (κ2) is 5.10. The predicted octanol–water partition coefficient (Wildman–Crippen LogP) is 4.27. The normalized spacial score (nSPS) is 10.8. The Morgan fingerprint density at radius 2 is 1.75 bits per heavy atom. The molecule has 20 heavy (non-hydrogen) atoms. The Kier molecular flexibility index (Phi) is 3.28. The molecular weight excluding hydrogens is 272 g/mol. The van der Waals surface area contributed by atoms with Crippen molar-refractivity contribution in [3.05, 3.63) is 53.2 Å². The zero-order valence-electron chi connectivity index (χ0n) is 11.2. The summed E-state index contributed by atoms with van der Waals surface area (Å²) in [4.78, 5) is 0. The second-order valence-corrected chi connectivity index (χ2v) is 4.92. The fraction of sp³-hybridized carbons (Fsp3) is 0.125. The first-order chi connectivity index (χ1) is 9.70. The molecule has 0 aliphatic heterocycles. The third-order valence-electron chi connectivity index (χ3n) is 3.33. The Morgan fingerprint density at radius 1 is 1.00 bits per heavy atom. The molecule has 1 heterocycles. The molecule has 3 aromatic rings. The van der Waals surface area contributed by atoms with Crippen LogP contribution in [0.5, 0.6) is 5.75 Å². The van der Waals surface area contributed by atoms with Gasteiger partial charge in [0.05, 0.1) is 7.11 Å². The molecule has 0 fully saturated rings. The van der Waals surface area contributed by atoms with Crippen LogP contribution in [0.1, 0.15) is 5.56 Å². The van der Waals surface area contributed by atoms with E-state index in [1.807, 2.05) is 49.4 Å². The van der Waals surface area contributed by atoms with Gasteiger partial charge in [0.25, 0.3) is 0 Å². The number of halogens is 1. The molecule has 0 aliphatic rings. The van der Waals surface area contributed by atoms with Crippen LogP contribution in [0, 0.1) is 6.92 Å². The molecule has 2 aromatic carbocycles. The third kappa shape index (κ3) is 2.10. The molecule has 0 unspecified atom stereocenters. The number of benzene rings is 2. The number of fused-ring (bicyclic) bond motifs is 1. The molecule has 1 aromatic heterocycles. The van der Waals surface area contributed by atoms with Gasteiger partial charge in [0, 0.05) is 16.3 Å². The zero-order valence-corrected chi connectivity index (χ0v) is 12.0. The highest BCUT2D eigenvalue weighted by Gasteiger charge is 2.11. The van der Waals surface area contributed by atoms with Gasteiger partial charge in [0.2, 0.25) is 0 Å². The molecule has 0 saturated carbocycles. The van der Waals surface area contributed by atoms with Crippen LogP contribution < -0.4 is 4.74 Å². The highest BCUT2D eigenvalue weighted by Crippen LogP contribution is 2.32.